The molecule has 0 fully saturated rings. The molecule has 0 saturated heterocycles. The second-order valence-corrected chi connectivity index (χ2v) is 5.18. The molecule has 1 amide bonds. The number of rotatable bonds is 5. The molecule has 0 aromatic heterocycles. The molecule has 1 atom stereocenters. The van der Waals surface area contributed by atoms with Crippen molar-refractivity contribution in [3.05, 3.63) is 34.4 Å². The van der Waals surface area contributed by atoms with Crippen molar-refractivity contribution in [2.75, 3.05) is 20.8 Å². The van der Waals surface area contributed by atoms with Gasteiger partial charge in [-0.05, 0) is 32.9 Å². The van der Waals surface area contributed by atoms with Gasteiger partial charge in [-0.2, -0.15) is 0 Å². The van der Waals surface area contributed by atoms with Gasteiger partial charge in [0.2, 0.25) is 0 Å². The Kier molecular flexibility index (Phi) is 4.53. The number of allylic oxidation sites excluding steroid dienone is 1. The van der Waals surface area contributed by atoms with Crippen LogP contribution in [0.5, 0.6) is 11.5 Å². The van der Waals surface area contributed by atoms with Crippen LogP contribution in [0.4, 0.5) is 0 Å². The highest BCUT2D eigenvalue weighted by atomic mass is 16.5. The van der Waals surface area contributed by atoms with E-state index in [1.165, 1.54) is 5.57 Å². The van der Waals surface area contributed by atoms with Crippen LogP contribution in [0.3, 0.4) is 0 Å². The molecule has 0 saturated carbocycles. The minimum atomic E-state index is -0.479. The standard InChI is InChI=1S/C16H21NO4/c1-9(2)6-7-21-12-8-11-13(14(19-4)10(12)3)16(20-5)17-15(11)18/h6,8,16H,7H2,1-5H3,(H,17,18)/t16-/m0/s1. The number of benzene rings is 1. The predicted molar refractivity (Wildman–Crippen MR) is 79.9 cm³/mol. The minimum absolute atomic E-state index is 0.179. The fourth-order valence-electron chi connectivity index (χ4n) is 2.36. The molecule has 1 aromatic carbocycles. The zero-order valence-corrected chi connectivity index (χ0v) is 13.1. The van der Waals surface area contributed by atoms with Crippen LogP contribution in [-0.2, 0) is 4.74 Å². The average molecular weight is 291 g/mol. The van der Waals surface area contributed by atoms with Gasteiger partial charge in [0.05, 0.1) is 18.2 Å². The molecule has 0 unspecified atom stereocenters. The Balaban J connectivity index is 2.44. The van der Waals surface area contributed by atoms with Gasteiger partial charge in [-0.1, -0.05) is 5.57 Å². The van der Waals surface area contributed by atoms with E-state index >= 15 is 0 Å². The van der Waals surface area contributed by atoms with Crippen LogP contribution in [0.25, 0.3) is 0 Å². The highest BCUT2D eigenvalue weighted by Gasteiger charge is 2.34. The van der Waals surface area contributed by atoms with Crippen molar-refractivity contribution >= 4 is 5.91 Å². The van der Waals surface area contributed by atoms with Gasteiger partial charge >= 0.3 is 0 Å². The smallest absolute Gasteiger partial charge is 0.254 e. The number of carbonyl (C=O) groups is 1. The summed E-state index contributed by atoms with van der Waals surface area (Å²) in [6.45, 7) is 6.39. The largest absolute Gasteiger partial charge is 0.496 e. The first kappa shape index (κ1) is 15.4. The van der Waals surface area contributed by atoms with E-state index in [1.54, 1.807) is 20.3 Å². The van der Waals surface area contributed by atoms with Gasteiger partial charge in [0, 0.05) is 12.7 Å². The molecule has 2 rings (SSSR count). The third-order valence-corrected chi connectivity index (χ3v) is 3.46. The van der Waals surface area contributed by atoms with Crippen molar-refractivity contribution in [1.82, 2.24) is 5.32 Å². The van der Waals surface area contributed by atoms with Gasteiger partial charge < -0.3 is 19.5 Å². The molecule has 0 bridgehead atoms. The lowest BCUT2D eigenvalue weighted by molar-refractivity contribution is 0.0657. The molecule has 1 aromatic rings. The van der Waals surface area contributed by atoms with Crippen LogP contribution in [0.1, 0.15) is 41.6 Å². The zero-order valence-electron chi connectivity index (χ0n) is 13.1. The normalized spacial score (nSPS) is 16.2. The van der Waals surface area contributed by atoms with Crippen molar-refractivity contribution in [2.24, 2.45) is 0 Å². The fraction of sp³-hybridized carbons (Fsp3) is 0.438. The second kappa shape index (κ2) is 6.18. The Morgan fingerprint density at radius 3 is 2.67 bits per heavy atom. The van der Waals surface area contributed by atoms with Crippen molar-refractivity contribution in [3.63, 3.8) is 0 Å². The molecule has 5 nitrogen and oxygen atoms in total. The summed E-state index contributed by atoms with van der Waals surface area (Å²) in [6.07, 6.45) is 1.50. The molecule has 114 valence electrons. The maximum atomic E-state index is 12.0. The number of amides is 1. The van der Waals surface area contributed by atoms with E-state index in [4.69, 9.17) is 14.2 Å². The molecule has 21 heavy (non-hydrogen) atoms. The number of fused-ring (bicyclic) bond motifs is 1. The monoisotopic (exact) mass is 291 g/mol. The summed E-state index contributed by atoms with van der Waals surface area (Å²) in [5.74, 6) is 1.10. The van der Waals surface area contributed by atoms with Crippen LogP contribution in [0.15, 0.2) is 17.7 Å². The van der Waals surface area contributed by atoms with Gasteiger partial charge in [0.1, 0.15) is 18.1 Å². The van der Waals surface area contributed by atoms with Gasteiger partial charge in [-0.25, -0.2) is 0 Å². The lowest BCUT2D eigenvalue weighted by Gasteiger charge is -2.17. The van der Waals surface area contributed by atoms with E-state index in [0.717, 1.165) is 11.1 Å². The first-order valence-electron chi connectivity index (χ1n) is 6.80. The SMILES string of the molecule is COc1c(C)c(OCC=C(C)C)cc2c1[C@H](OC)NC2=O. The van der Waals surface area contributed by atoms with E-state index < -0.39 is 6.23 Å². The van der Waals surface area contributed by atoms with Crippen molar-refractivity contribution < 1.29 is 19.0 Å². The number of hydrogen-bond donors (Lipinski definition) is 1. The topological polar surface area (TPSA) is 56.8 Å². The summed E-state index contributed by atoms with van der Waals surface area (Å²) in [5.41, 5.74) is 3.31. The number of methoxy groups -OCH3 is 2. The van der Waals surface area contributed by atoms with Crippen LogP contribution >= 0.6 is 0 Å². The van der Waals surface area contributed by atoms with E-state index in [-0.39, 0.29) is 5.91 Å². The fourth-order valence-corrected chi connectivity index (χ4v) is 2.36. The molecule has 0 aliphatic carbocycles. The number of carbonyl (C=O) groups excluding carboxylic acids is 1. The average Bonchev–Trinajstić information content (AvgIpc) is 2.75. The molecule has 1 aliphatic rings. The second-order valence-electron chi connectivity index (χ2n) is 5.18. The van der Waals surface area contributed by atoms with Crippen LogP contribution in [0.2, 0.25) is 0 Å². The van der Waals surface area contributed by atoms with Crippen LogP contribution in [0, 0.1) is 6.92 Å². The Hall–Kier alpha value is -2.01. The third-order valence-electron chi connectivity index (χ3n) is 3.46. The van der Waals surface area contributed by atoms with Crippen LogP contribution < -0.4 is 14.8 Å². The first-order chi connectivity index (χ1) is 9.99. The highest BCUT2D eigenvalue weighted by molar-refractivity contribution is 6.00. The Morgan fingerprint density at radius 2 is 2.10 bits per heavy atom. The number of ether oxygens (including phenoxy) is 3. The lowest BCUT2D eigenvalue weighted by Crippen LogP contribution is -2.20. The summed E-state index contributed by atoms with van der Waals surface area (Å²) in [7, 11) is 3.13. The van der Waals surface area contributed by atoms with Crippen LogP contribution in [-0.4, -0.2) is 26.7 Å². The third kappa shape index (κ3) is 2.88. The Bertz CT molecular complexity index is 588. The molecule has 1 N–H and O–H groups in total. The molecule has 0 spiro atoms. The summed E-state index contributed by atoms with van der Waals surface area (Å²) in [4.78, 5) is 12.0. The zero-order chi connectivity index (χ0) is 15.6. The maximum Gasteiger partial charge on any atom is 0.254 e. The Labute approximate surface area is 124 Å². The van der Waals surface area contributed by atoms with E-state index in [0.29, 0.717) is 23.7 Å². The molecule has 5 heteroatoms. The van der Waals surface area contributed by atoms with Gasteiger partial charge in [0.25, 0.3) is 5.91 Å². The van der Waals surface area contributed by atoms with Crippen molar-refractivity contribution in [1.29, 1.82) is 0 Å². The van der Waals surface area contributed by atoms with Gasteiger partial charge in [-0.3, -0.25) is 4.79 Å². The number of hydrogen-bond acceptors (Lipinski definition) is 4. The van der Waals surface area contributed by atoms with Crippen molar-refractivity contribution in [2.45, 2.75) is 27.0 Å². The van der Waals surface area contributed by atoms with E-state index in [9.17, 15) is 4.79 Å². The molecular formula is C16H21NO4. The predicted octanol–water partition coefficient (Wildman–Crippen LogP) is 2.74. The summed E-state index contributed by atoms with van der Waals surface area (Å²) >= 11 is 0. The van der Waals surface area contributed by atoms with Gasteiger partial charge in [0.15, 0.2) is 6.23 Å². The van der Waals surface area contributed by atoms with E-state index in [2.05, 4.69) is 5.32 Å². The number of nitrogens with one attached hydrogen (secondary N) is 1. The molecular weight excluding hydrogens is 270 g/mol. The quantitative estimate of drug-likeness (QED) is 0.848. The summed E-state index contributed by atoms with van der Waals surface area (Å²) < 4.78 is 16.5. The minimum Gasteiger partial charge on any atom is -0.496 e. The van der Waals surface area contributed by atoms with Gasteiger partial charge in [-0.15, -0.1) is 0 Å². The first-order valence-corrected chi connectivity index (χ1v) is 6.80. The highest BCUT2D eigenvalue weighted by Crippen LogP contribution is 2.41. The molecule has 0 radical (unpaired) electrons. The lowest BCUT2D eigenvalue weighted by atomic mass is 10.0. The maximum absolute atomic E-state index is 12.0. The Morgan fingerprint density at radius 1 is 1.38 bits per heavy atom. The summed E-state index contributed by atoms with van der Waals surface area (Å²) in [6, 6.07) is 1.75. The van der Waals surface area contributed by atoms with Crippen molar-refractivity contribution in [3.8, 4) is 11.5 Å². The molecule has 1 aliphatic heterocycles. The molecule has 1 heterocycles. The van der Waals surface area contributed by atoms with E-state index in [1.807, 2.05) is 26.8 Å². The summed E-state index contributed by atoms with van der Waals surface area (Å²) in [5, 5.41) is 2.76.